The molecule has 0 aliphatic rings. The molecule has 6 heteroatoms. The lowest BCUT2D eigenvalue weighted by atomic mass is 10.2. The van der Waals surface area contributed by atoms with Crippen LogP contribution in [0.3, 0.4) is 0 Å². The lowest BCUT2D eigenvalue weighted by molar-refractivity contribution is -0.153. The van der Waals surface area contributed by atoms with Crippen molar-refractivity contribution in [2.45, 2.75) is 32.8 Å². The van der Waals surface area contributed by atoms with Crippen LogP contribution in [0, 0.1) is 12.7 Å². The molecule has 2 rings (SSSR count). The van der Waals surface area contributed by atoms with E-state index in [4.69, 9.17) is 9.47 Å². The summed E-state index contributed by atoms with van der Waals surface area (Å²) >= 11 is 0. The number of anilines is 1. The van der Waals surface area contributed by atoms with Crippen LogP contribution in [0.1, 0.15) is 25.3 Å². The lowest BCUT2D eigenvalue weighted by Crippen LogP contribution is -2.30. The molecule has 0 fully saturated rings. The van der Waals surface area contributed by atoms with E-state index in [-0.39, 0.29) is 6.42 Å². The highest BCUT2D eigenvalue weighted by molar-refractivity contribution is 5.95. The zero-order chi connectivity index (χ0) is 18.9. The van der Waals surface area contributed by atoms with Crippen LogP contribution in [0.25, 0.3) is 0 Å². The molecule has 5 nitrogen and oxygen atoms in total. The molecule has 0 aliphatic carbocycles. The third-order valence-electron chi connectivity index (χ3n) is 3.55. The van der Waals surface area contributed by atoms with Gasteiger partial charge in [-0.05, 0) is 56.2 Å². The maximum Gasteiger partial charge on any atom is 0.306 e. The van der Waals surface area contributed by atoms with Crippen LogP contribution in [0.4, 0.5) is 10.1 Å². The Bertz CT molecular complexity index is 763. The Balaban J connectivity index is 1.68. The molecule has 1 amide bonds. The van der Waals surface area contributed by atoms with Crippen LogP contribution >= 0.6 is 0 Å². The fourth-order valence-electron chi connectivity index (χ4n) is 2.23. The number of halogens is 1. The predicted octanol–water partition coefficient (Wildman–Crippen LogP) is 3.86. The number of rotatable bonds is 8. The molecule has 2 aromatic rings. The number of carbonyl (C=O) groups excluding carboxylic acids is 2. The molecule has 0 saturated heterocycles. The van der Waals surface area contributed by atoms with Gasteiger partial charge < -0.3 is 14.8 Å². The van der Waals surface area contributed by atoms with Gasteiger partial charge in [-0.1, -0.05) is 18.2 Å². The van der Waals surface area contributed by atoms with E-state index in [1.165, 1.54) is 25.1 Å². The van der Waals surface area contributed by atoms with Gasteiger partial charge in [0, 0.05) is 12.1 Å². The number of ether oxygens (including phenoxy) is 2. The molecule has 0 radical (unpaired) electrons. The summed E-state index contributed by atoms with van der Waals surface area (Å²) in [6, 6.07) is 13.1. The average Bonchev–Trinajstić information content (AvgIpc) is 2.59. The van der Waals surface area contributed by atoms with Gasteiger partial charge in [-0.25, -0.2) is 4.39 Å². The second-order valence-corrected chi connectivity index (χ2v) is 5.90. The molecule has 0 aliphatic heterocycles. The van der Waals surface area contributed by atoms with Gasteiger partial charge in [0.1, 0.15) is 11.6 Å². The maximum atomic E-state index is 13.1. The summed E-state index contributed by atoms with van der Waals surface area (Å²) in [6.07, 6.45) is -0.350. The zero-order valence-corrected chi connectivity index (χ0v) is 14.8. The molecule has 0 spiro atoms. The second kappa shape index (κ2) is 9.56. The van der Waals surface area contributed by atoms with Crippen molar-refractivity contribution < 1.29 is 23.5 Å². The fraction of sp³-hybridized carbons (Fsp3) is 0.300. The summed E-state index contributed by atoms with van der Waals surface area (Å²) in [7, 11) is 0. The number of esters is 1. The van der Waals surface area contributed by atoms with Crippen molar-refractivity contribution in [2.75, 3.05) is 11.9 Å². The minimum Gasteiger partial charge on any atom is -0.494 e. The molecule has 0 bridgehead atoms. The predicted molar refractivity (Wildman–Crippen MR) is 96.5 cm³/mol. The summed E-state index contributed by atoms with van der Waals surface area (Å²) in [6.45, 7) is 3.82. The number of hydrogen-bond acceptors (Lipinski definition) is 4. The Morgan fingerprint density at radius 1 is 1.15 bits per heavy atom. The van der Waals surface area contributed by atoms with Gasteiger partial charge in [-0.3, -0.25) is 9.59 Å². The molecule has 0 unspecified atom stereocenters. The number of carbonyl (C=O) groups is 2. The first-order valence-corrected chi connectivity index (χ1v) is 8.39. The van der Waals surface area contributed by atoms with Gasteiger partial charge in [0.05, 0.1) is 6.61 Å². The Kier molecular flexibility index (Phi) is 7.14. The molecule has 1 N–H and O–H groups in total. The van der Waals surface area contributed by atoms with Gasteiger partial charge in [0.25, 0.3) is 5.91 Å². The molecule has 0 saturated carbocycles. The minimum absolute atomic E-state index is 0.142. The first kappa shape index (κ1) is 19.4. The quantitative estimate of drug-likeness (QED) is 0.574. The highest BCUT2D eigenvalue weighted by Gasteiger charge is 2.17. The Hall–Kier alpha value is -2.89. The Labute approximate surface area is 152 Å². The standard InChI is InChI=1S/C20H22FNO4/c1-14-6-3-9-18(12-14)25-11-5-10-19(23)26-15(2)20(24)22-17-8-4-7-16(21)13-17/h3-4,6-9,12-13,15H,5,10-11H2,1-2H3,(H,22,24)/t15-/m0/s1. The first-order chi connectivity index (χ1) is 12.4. The largest absolute Gasteiger partial charge is 0.494 e. The topological polar surface area (TPSA) is 64.6 Å². The third-order valence-corrected chi connectivity index (χ3v) is 3.55. The molecule has 0 aromatic heterocycles. The van der Waals surface area contributed by atoms with Crippen LogP contribution in [0.5, 0.6) is 5.75 Å². The van der Waals surface area contributed by atoms with Crippen LogP contribution in [0.15, 0.2) is 48.5 Å². The second-order valence-electron chi connectivity index (χ2n) is 5.90. The number of nitrogens with one attached hydrogen (secondary N) is 1. The number of hydrogen-bond donors (Lipinski definition) is 1. The van der Waals surface area contributed by atoms with Crippen molar-refractivity contribution in [3.05, 3.63) is 59.9 Å². The summed E-state index contributed by atoms with van der Waals surface area (Å²) in [4.78, 5) is 23.8. The number of benzene rings is 2. The zero-order valence-electron chi connectivity index (χ0n) is 14.8. The highest BCUT2D eigenvalue weighted by atomic mass is 19.1. The Morgan fingerprint density at radius 3 is 2.65 bits per heavy atom. The average molecular weight is 359 g/mol. The van der Waals surface area contributed by atoms with Crippen molar-refractivity contribution in [1.29, 1.82) is 0 Å². The SMILES string of the molecule is Cc1cccc(OCCCC(=O)O[C@@H](C)C(=O)Nc2cccc(F)c2)c1. The van der Waals surface area contributed by atoms with E-state index in [1.807, 2.05) is 31.2 Å². The van der Waals surface area contributed by atoms with Gasteiger partial charge in [-0.15, -0.1) is 0 Å². The van der Waals surface area contributed by atoms with Gasteiger partial charge in [-0.2, -0.15) is 0 Å². The van der Waals surface area contributed by atoms with E-state index in [9.17, 15) is 14.0 Å². The van der Waals surface area contributed by atoms with Crippen LogP contribution in [0.2, 0.25) is 0 Å². The summed E-state index contributed by atoms with van der Waals surface area (Å²) < 4.78 is 23.7. The smallest absolute Gasteiger partial charge is 0.306 e. The molecule has 1 atom stereocenters. The van der Waals surface area contributed by atoms with Crippen LogP contribution in [-0.2, 0) is 14.3 Å². The monoisotopic (exact) mass is 359 g/mol. The van der Waals surface area contributed by atoms with Crippen LogP contribution < -0.4 is 10.1 Å². The molecular weight excluding hydrogens is 337 g/mol. The molecule has 2 aromatic carbocycles. The number of amides is 1. The third kappa shape index (κ3) is 6.55. The number of aryl methyl sites for hydroxylation is 1. The van der Waals surface area contributed by atoms with Crippen molar-refractivity contribution in [3.63, 3.8) is 0 Å². The van der Waals surface area contributed by atoms with E-state index in [0.29, 0.717) is 18.7 Å². The first-order valence-electron chi connectivity index (χ1n) is 8.39. The van der Waals surface area contributed by atoms with E-state index >= 15 is 0 Å². The molecule has 138 valence electrons. The molecule has 0 heterocycles. The maximum absolute atomic E-state index is 13.1. The van der Waals surface area contributed by atoms with Gasteiger partial charge in [0.15, 0.2) is 6.10 Å². The summed E-state index contributed by atoms with van der Waals surface area (Å²) in [5.74, 6) is -0.707. The molecule has 26 heavy (non-hydrogen) atoms. The fourth-order valence-corrected chi connectivity index (χ4v) is 2.23. The van der Waals surface area contributed by atoms with E-state index in [1.54, 1.807) is 6.07 Å². The van der Waals surface area contributed by atoms with Crippen molar-refractivity contribution in [2.24, 2.45) is 0 Å². The summed E-state index contributed by atoms with van der Waals surface area (Å²) in [5.41, 5.74) is 1.41. The lowest BCUT2D eigenvalue weighted by Gasteiger charge is -2.13. The molecular formula is C20H22FNO4. The van der Waals surface area contributed by atoms with Gasteiger partial charge >= 0.3 is 5.97 Å². The van der Waals surface area contributed by atoms with Crippen molar-refractivity contribution >= 4 is 17.6 Å². The van der Waals surface area contributed by atoms with E-state index in [0.717, 1.165) is 11.3 Å². The van der Waals surface area contributed by atoms with E-state index in [2.05, 4.69) is 5.32 Å². The van der Waals surface area contributed by atoms with Crippen molar-refractivity contribution in [3.8, 4) is 5.75 Å². The minimum atomic E-state index is -0.969. The Morgan fingerprint density at radius 2 is 1.92 bits per heavy atom. The van der Waals surface area contributed by atoms with Crippen molar-refractivity contribution in [1.82, 2.24) is 0 Å². The van der Waals surface area contributed by atoms with Crippen LogP contribution in [-0.4, -0.2) is 24.6 Å². The highest BCUT2D eigenvalue weighted by Crippen LogP contribution is 2.13. The summed E-state index contributed by atoms with van der Waals surface area (Å²) in [5, 5.41) is 2.50. The van der Waals surface area contributed by atoms with E-state index < -0.39 is 23.8 Å². The van der Waals surface area contributed by atoms with Gasteiger partial charge in [0.2, 0.25) is 0 Å². The normalized spacial score (nSPS) is 11.5.